The molecule has 2 saturated heterocycles. The van der Waals surface area contributed by atoms with E-state index in [0.717, 1.165) is 18.5 Å². The van der Waals surface area contributed by atoms with Crippen molar-refractivity contribution < 1.29 is 0 Å². The third-order valence-corrected chi connectivity index (χ3v) is 5.54. The van der Waals surface area contributed by atoms with Crippen LogP contribution in [0.1, 0.15) is 37.7 Å². The van der Waals surface area contributed by atoms with Crippen molar-refractivity contribution in [3.63, 3.8) is 0 Å². The van der Waals surface area contributed by atoms with E-state index in [1.54, 1.807) is 0 Å². The lowest BCUT2D eigenvalue weighted by molar-refractivity contribution is 0.0435. The fourth-order valence-electron chi connectivity index (χ4n) is 3.95. The van der Waals surface area contributed by atoms with Crippen LogP contribution in [0.15, 0.2) is 16.8 Å². The van der Waals surface area contributed by atoms with Gasteiger partial charge in [-0.3, -0.25) is 0 Å². The molecule has 0 amide bonds. The molecule has 0 saturated carbocycles. The Morgan fingerprint density at radius 3 is 3.00 bits per heavy atom. The van der Waals surface area contributed by atoms with Crippen LogP contribution in [0.25, 0.3) is 0 Å². The molecule has 19 heavy (non-hydrogen) atoms. The molecular weight excluding hydrogens is 252 g/mol. The fourth-order valence-corrected chi connectivity index (χ4v) is 4.61. The Bertz CT molecular complexity index is 374. The van der Waals surface area contributed by atoms with Crippen molar-refractivity contribution in [2.45, 2.75) is 44.7 Å². The molecule has 1 aromatic heterocycles. The molecule has 0 radical (unpaired) electrons. The van der Waals surface area contributed by atoms with Crippen LogP contribution in [-0.4, -0.2) is 42.5 Å². The van der Waals surface area contributed by atoms with Crippen LogP contribution < -0.4 is 0 Å². The van der Waals surface area contributed by atoms with E-state index in [2.05, 4.69) is 33.7 Å². The van der Waals surface area contributed by atoms with Crippen molar-refractivity contribution in [1.82, 2.24) is 9.80 Å². The summed E-state index contributed by atoms with van der Waals surface area (Å²) < 4.78 is 0. The first-order valence-electron chi connectivity index (χ1n) is 7.76. The molecule has 0 N–H and O–H groups in total. The van der Waals surface area contributed by atoms with Gasteiger partial charge in [0, 0.05) is 19.1 Å². The lowest BCUT2D eigenvalue weighted by Crippen LogP contribution is -2.50. The third kappa shape index (κ3) is 3.39. The Morgan fingerprint density at radius 2 is 2.16 bits per heavy atom. The number of rotatable bonds is 4. The zero-order chi connectivity index (χ0) is 13.1. The fraction of sp³-hybridized carbons (Fsp3) is 0.750. The van der Waals surface area contributed by atoms with Gasteiger partial charge in [-0.25, -0.2) is 0 Å². The van der Waals surface area contributed by atoms with E-state index in [-0.39, 0.29) is 0 Å². The molecule has 0 aliphatic carbocycles. The summed E-state index contributed by atoms with van der Waals surface area (Å²) in [5, 5.41) is 4.47. The summed E-state index contributed by atoms with van der Waals surface area (Å²) in [6.45, 7) is 5.11. The zero-order valence-corrected chi connectivity index (χ0v) is 12.9. The maximum Gasteiger partial charge on any atom is 0.0239 e. The van der Waals surface area contributed by atoms with E-state index >= 15 is 0 Å². The maximum atomic E-state index is 2.77. The molecule has 3 heteroatoms. The standard InChI is InChI=1S/C16H26N2S/c1-17(11-14-7-10-19-13-14)12-15-5-4-9-18-8-3-2-6-16(15)18/h7,10,13,15-16H,2-6,8-9,11-12H2,1H3/t15-,16+/m0/s1. The first-order valence-corrected chi connectivity index (χ1v) is 8.71. The van der Waals surface area contributed by atoms with Crippen LogP contribution in [0.5, 0.6) is 0 Å². The minimum atomic E-state index is 0.882. The van der Waals surface area contributed by atoms with Gasteiger partial charge in [0.1, 0.15) is 0 Å². The predicted octanol–water partition coefficient (Wildman–Crippen LogP) is 3.44. The van der Waals surface area contributed by atoms with Gasteiger partial charge in [-0.1, -0.05) is 6.42 Å². The van der Waals surface area contributed by atoms with Crippen LogP contribution in [-0.2, 0) is 6.54 Å². The van der Waals surface area contributed by atoms with Crippen LogP contribution in [0, 0.1) is 5.92 Å². The van der Waals surface area contributed by atoms with E-state index in [4.69, 9.17) is 0 Å². The number of fused-ring (bicyclic) bond motifs is 1. The van der Waals surface area contributed by atoms with Crippen molar-refractivity contribution in [3.05, 3.63) is 22.4 Å². The van der Waals surface area contributed by atoms with Gasteiger partial charge in [-0.15, -0.1) is 0 Å². The molecule has 0 unspecified atom stereocenters. The molecule has 2 aliphatic heterocycles. The number of nitrogens with zero attached hydrogens (tertiary/aromatic N) is 2. The van der Waals surface area contributed by atoms with Crippen molar-refractivity contribution in [2.24, 2.45) is 5.92 Å². The van der Waals surface area contributed by atoms with E-state index in [1.807, 2.05) is 11.3 Å². The maximum absolute atomic E-state index is 2.77. The van der Waals surface area contributed by atoms with Crippen molar-refractivity contribution in [3.8, 4) is 0 Å². The highest BCUT2D eigenvalue weighted by Crippen LogP contribution is 2.31. The Kier molecular flexibility index (Phi) is 4.57. The number of thiophene rings is 1. The molecule has 2 fully saturated rings. The summed E-state index contributed by atoms with van der Waals surface area (Å²) >= 11 is 1.81. The summed E-state index contributed by atoms with van der Waals surface area (Å²) in [6, 6.07) is 3.14. The smallest absolute Gasteiger partial charge is 0.0239 e. The Hall–Kier alpha value is -0.380. The summed E-state index contributed by atoms with van der Waals surface area (Å²) in [5.74, 6) is 0.901. The van der Waals surface area contributed by atoms with E-state index in [9.17, 15) is 0 Å². The lowest BCUT2D eigenvalue weighted by Gasteiger charge is -2.45. The molecule has 2 nitrogen and oxygen atoms in total. The van der Waals surface area contributed by atoms with Crippen molar-refractivity contribution in [2.75, 3.05) is 26.7 Å². The summed E-state index contributed by atoms with van der Waals surface area (Å²) in [5.41, 5.74) is 1.48. The van der Waals surface area contributed by atoms with Crippen LogP contribution in [0.4, 0.5) is 0 Å². The highest BCUT2D eigenvalue weighted by Gasteiger charge is 2.33. The number of piperidine rings is 2. The highest BCUT2D eigenvalue weighted by molar-refractivity contribution is 7.07. The van der Waals surface area contributed by atoms with Gasteiger partial charge in [0.2, 0.25) is 0 Å². The van der Waals surface area contributed by atoms with Gasteiger partial charge in [-0.2, -0.15) is 11.3 Å². The molecule has 3 rings (SSSR count). The van der Waals surface area contributed by atoms with Gasteiger partial charge in [0.05, 0.1) is 0 Å². The first-order chi connectivity index (χ1) is 9.33. The Morgan fingerprint density at radius 1 is 1.26 bits per heavy atom. The minimum Gasteiger partial charge on any atom is -0.302 e. The topological polar surface area (TPSA) is 6.48 Å². The van der Waals surface area contributed by atoms with Crippen molar-refractivity contribution in [1.29, 1.82) is 0 Å². The molecule has 0 spiro atoms. The summed E-state index contributed by atoms with van der Waals surface area (Å²) in [4.78, 5) is 5.31. The number of hydrogen-bond acceptors (Lipinski definition) is 3. The van der Waals surface area contributed by atoms with Crippen LogP contribution in [0.3, 0.4) is 0 Å². The Balaban J connectivity index is 1.55. The number of hydrogen-bond donors (Lipinski definition) is 0. The molecule has 2 aliphatic rings. The lowest BCUT2D eigenvalue weighted by atomic mass is 9.83. The largest absolute Gasteiger partial charge is 0.302 e. The van der Waals surface area contributed by atoms with Gasteiger partial charge < -0.3 is 9.80 Å². The molecule has 1 aromatic rings. The van der Waals surface area contributed by atoms with Gasteiger partial charge in [0.15, 0.2) is 0 Å². The van der Waals surface area contributed by atoms with Crippen molar-refractivity contribution >= 4 is 11.3 Å². The molecule has 0 bridgehead atoms. The summed E-state index contributed by atoms with van der Waals surface area (Å²) in [7, 11) is 2.29. The molecule has 0 aromatic carbocycles. The zero-order valence-electron chi connectivity index (χ0n) is 12.1. The molecule has 3 heterocycles. The minimum absolute atomic E-state index is 0.882. The second-order valence-electron chi connectivity index (χ2n) is 6.33. The average Bonchev–Trinajstić information content (AvgIpc) is 2.92. The summed E-state index contributed by atoms with van der Waals surface area (Å²) in [6.07, 6.45) is 7.17. The molecule has 2 atom stereocenters. The predicted molar refractivity (Wildman–Crippen MR) is 82.6 cm³/mol. The monoisotopic (exact) mass is 278 g/mol. The second kappa shape index (κ2) is 6.38. The quantitative estimate of drug-likeness (QED) is 0.832. The van der Waals surface area contributed by atoms with E-state index in [1.165, 1.54) is 57.3 Å². The molecule has 106 valence electrons. The second-order valence-corrected chi connectivity index (χ2v) is 7.11. The first kappa shape index (κ1) is 13.6. The van der Waals surface area contributed by atoms with Gasteiger partial charge in [-0.05, 0) is 74.1 Å². The van der Waals surface area contributed by atoms with Crippen LogP contribution >= 0.6 is 11.3 Å². The third-order valence-electron chi connectivity index (χ3n) is 4.81. The average molecular weight is 278 g/mol. The van der Waals surface area contributed by atoms with Gasteiger partial charge >= 0.3 is 0 Å². The SMILES string of the molecule is CN(Cc1ccsc1)C[C@@H]1CCCN2CCCC[C@H]12. The highest BCUT2D eigenvalue weighted by atomic mass is 32.1. The van der Waals surface area contributed by atoms with E-state index in [0.29, 0.717) is 0 Å². The van der Waals surface area contributed by atoms with E-state index < -0.39 is 0 Å². The Labute approximate surface area is 121 Å². The normalized spacial score (nSPS) is 28.5. The van der Waals surface area contributed by atoms with Crippen LogP contribution in [0.2, 0.25) is 0 Å². The van der Waals surface area contributed by atoms with Gasteiger partial charge in [0.25, 0.3) is 0 Å². The molecular formula is C16H26N2S.